The zero-order chi connectivity index (χ0) is 17.1. The van der Waals surface area contributed by atoms with E-state index in [-0.39, 0.29) is 5.78 Å². The molecule has 1 unspecified atom stereocenters. The number of carbonyl (C=O) groups excluding carboxylic acids is 1. The maximum absolute atomic E-state index is 13.4. The topological polar surface area (TPSA) is 45.8 Å². The van der Waals surface area contributed by atoms with E-state index in [0.717, 1.165) is 11.1 Å². The first-order valence-electron chi connectivity index (χ1n) is 8.35. The van der Waals surface area contributed by atoms with Crippen molar-refractivity contribution in [3.8, 4) is 11.4 Å². The monoisotopic (exact) mass is 326 g/mol. The van der Waals surface area contributed by atoms with Gasteiger partial charge in [-0.15, -0.1) is 0 Å². The maximum Gasteiger partial charge on any atom is 0.195 e. The fourth-order valence-corrected chi connectivity index (χ4v) is 3.29. The predicted molar refractivity (Wildman–Crippen MR) is 99.4 cm³/mol. The van der Waals surface area contributed by atoms with Gasteiger partial charge in [-0.05, 0) is 12.0 Å². The Labute approximate surface area is 146 Å². The van der Waals surface area contributed by atoms with Crippen LogP contribution in [0.4, 0.5) is 0 Å². The second kappa shape index (κ2) is 6.36. The molecule has 1 atom stereocenters. The van der Waals surface area contributed by atoms with E-state index in [0.29, 0.717) is 17.9 Å². The number of H-pyrrole nitrogens is 1. The molecule has 122 valence electrons. The first kappa shape index (κ1) is 15.3. The molecule has 0 saturated heterocycles. The molecule has 1 aliphatic rings. The van der Waals surface area contributed by atoms with Crippen LogP contribution in [0.1, 0.15) is 22.5 Å². The highest BCUT2D eigenvalue weighted by Gasteiger charge is 2.38. The van der Waals surface area contributed by atoms with Crippen molar-refractivity contribution < 1.29 is 4.79 Å². The van der Waals surface area contributed by atoms with Crippen molar-refractivity contribution in [2.24, 2.45) is 0 Å². The van der Waals surface area contributed by atoms with Crippen molar-refractivity contribution in [3.05, 3.63) is 102 Å². The second-order valence-corrected chi connectivity index (χ2v) is 6.17. The molecule has 2 aromatic carbocycles. The number of aromatic nitrogens is 2. The number of nitrogens with zero attached hydrogens (tertiary/aromatic N) is 1. The molecule has 3 nitrogen and oxygen atoms in total. The summed E-state index contributed by atoms with van der Waals surface area (Å²) in [5.74, 6) is 0.747. The minimum atomic E-state index is -0.684. The van der Waals surface area contributed by atoms with Gasteiger partial charge in [0.25, 0.3) is 0 Å². The third kappa shape index (κ3) is 2.74. The Morgan fingerprint density at radius 2 is 1.68 bits per heavy atom. The molecule has 4 rings (SSSR count). The zero-order valence-corrected chi connectivity index (χ0v) is 13.7. The number of ketones is 1. The van der Waals surface area contributed by atoms with Crippen LogP contribution >= 0.6 is 0 Å². The number of hydrogen-bond acceptors (Lipinski definition) is 2. The predicted octanol–water partition coefficient (Wildman–Crippen LogP) is 4.71. The first-order chi connectivity index (χ1) is 12.3. The van der Waals surface area contributed by atoms with Crippen molar-refractivity contribution in [2.75, 3.05) is 0 Å². The standard InChI is InChI=1S/C22H18N2O/c25-20(19-16-23-21(24-19)17-10-4-1-5-11-17)22(14-8-3-9-15-22)18-12-6-2-7-13-18/h1-14,16H,15H2,(H,23,24). The van der Waals surface area contributed by atoms with Gasteiger partial charge in [-0.25, -0.2) is 4.98 Å². The number of benzene rings is 2. The molecule has 0 saturated carbocycles. The first-order valence-corrected chi connectivity index (χ1v) is 8.35. The average molecular weight is 326 g/mol. The normalized spacial score (nSPS) is 19.0. The van der Waals surface area contributed by atoms with E-state index in [2.05, 4.69) is 9.97 Å². The zero-order valence-electron chi connectivity index (χ0n) is 13.7. The third-order valence-electron chi connectivity index (χ3n) is 4.63. The number of imidazole rings is 1. The lowest BCUT2D eigenvalue weighted by Gasteiger charge is -2.29. The van der Waals surface area contributed by atoms with Gasteiger partial charge < -0.3 is 4.98 Å². The number of aromatic amines is 1. The maximum atomic E-state index is 13.4. The number of allylic oxidation sites excluding steroid dienone is 4. The van der Waals surface area contributed by atoms with Gasteiger partial charge in [0, 0.05) is 5.56 Å². The molecule has 1 N–H and O–H groups in total. The SMILES string of the molecule is O=C(c1cnc(-c2ccccc2)[nH]1)C1(c2ccccc2)C=CC=CC1. The van der Waals surface area contributed by atoms with E-state index < -0.39 is 5.41 Å². The van der Waals surface area contributed by atoms with Crippen LogP contribution in [0, 0.1) is 0 Å². The summed E-state index contributed by atoms with van der Waals surface area (Å²) < 4.78 is 0. The number of hydrogen-bond donors (Lipinski definition) is 1. The molecule has 3 heteroatoms. The summed E-state index contributed by atoms with van der Waals surface area (Å²) in [7, 11) is 0. The van der Waals surface area contributed by atoms with Gasteiger partial charge in [0.1, 0.15) is 11.5 Å². The van der Waals surface area contributed by atoms with E-state index in [4.69, 9.17) is 0 Å². The highest BCUT2D eigenvalue weighted by Crippen LogP contribution is 2.36. The highest BCUT2D eigenvalue weighted by atomic mass is 16.1. The summed E-state index contributed by atoms with van der Waals surface area (Å²) in [6.45, 7) is 0. The van der Waals surface area contributed by atoms with Gasteiger partial charge in [0.15, 0.2) is 5.78 Å². The van der Waals surface area contributed by atoms with E-state index in [1.165, 1.54) is 0 Å². The Morgan fingerprint density at radius 3 is 2.36 bits per heavy atom. The number of carbonyl (C=O) groups is 1. The molecule has 1 aliphatic carbocycles. The van der Waals surface area contributed by atoms with Crippen LogP contribution in [0.25, 0.3) is 11.4 Å². The van der Waals surface area contributed by atoms with Crippen LogP contribution in [0.15, 0.2) is 91.2 Å². The van der Waals surface area contributed by atoms with Crippen molar-refractivity contribution in [3.63, 3.8) is 0 Å². The smallest absolute Gasteiger partial charge is 0.195 e. The molecular weight excluding hydrogens is 308 g/mol. The Hall–Kier alpha value is -3.20. The van der Waals surface area contributed by atoms with Crippen LogP contribution in [0.2, 0.25) is 0 Å². The lowest BCUT2D eigenvalue weighted by molar-refractivity contribution is 0.0912. The Kier molecular flexibility index (Phi) is 3.90. The molecule has 0 fully saturated rings. The van der Waals surface area contributed by atoms with Gasteiger partial charge in [-0.3, -0.25) is 4.79 Å². The Bertz CT molecular complexity index is 938. The van der Waals surface area contributed by atoms with Crippen LogP contribution < -0.4 is 0 Å². The molecule has 3 aromatic rings. The van der Waals surface area contributed by atoms with E-state index in [1.807, 2.05) is 85.0 Å². The van der Waals surface area contributed by atoms with Gasteiger partial charge in [-0.1, -0.05) is 85.0 Å². The quantitative estimate of drug-likeness (QED) is 0.706. The van der Waals surface area contributed by atoms with E-state index in [9.17, 15) is 4.79 Å². The number of Topliss-reactive ketones (excluding diaryl/α,β-unsaturated/α-hetero) is 1. The largest absolute Gasteiger partial charge is 0.336 e. The highest BCUT2D eigenvalue weighted by molar-refractivity contribution is 6.04. The van der Waals surface area contributed by atoms with Gasteiger partial charge in [0.2, 0.25) is 0 Å². The lowest BCUT2D eigenvalue weighted by atomic mass is 9.71. The van der Waals surface area contributed by atoms with Gasteiger partial charge in [-0.2, -0.15) is 0 Å². The summed E-state index contributed by atoms with van der Waals surface area (Å²) in [4.78, 5) is 21.0. The molecule has 1 aromatic heterocycles. The van der Waals surface area contributed by atoms with Crippen molar-refractivity contribution in [2.45, 2.75) is 11.8 Å². The molecule has 0 aliphatic heterocycles. The summed E-state index contributed by atoms with van der Waals surface area (Å²) in [5, 5.41) is 0. The summed E-state index contributed by atoms with van der Waals surface area (Å²) in [6.07, 6.45) is 10.3. The molecule has 1 heterocycles. The molecular formula is C22H18N2O. The third-order valence-corrected chi connectivity index (χ3v) is 4.63. The van der Waals surface area contributed by atoms with Crippen molar-refractivity contribution >= 4 is 5.78 Å². The summed E-state index contributed by atoms with van der Waals surface area (Å²) >= 11 is 0. The van der Waals surface area contributed by atoms with Crippen LogP contribution in [-0.2, 0) is 5.41 Å². The Morgan fingerprint density at radius 1 is 0.960 bits per heavy atom. The Balaban J connectivity index is 1.74. The van der Waals surface area contributed by atoms with Crippen LogP contribution in [-0.4, -0.2) is 15.8 Å². The lowest BCUT2D eigenvalue weighted by Crippen LogP contribution is -2.34. The molecule has 0 radical (unpaired) electrons. The molecule has 25 heavy (non-hydrogen) atoms. The van der Waals surface area contributed by atoms with E-state index >= 15 is 0 Å². The molecule has 0 spiro atoms. The fraction of sp³-hybridized carbons (Fsp3) is 0.0909. The summed E-state index contributed by atoms with van der Waals surface area (Å²) in [6, 6.07) is 19.8. The van der Waals surface area contributed by atoms with Crippen LogP contribution in [0.3, 0.4) is 0 Å². The molecule has 0 amide bonds. The van der Waals surface area contributed by atoms with Gasteiger partial charge >= 0.3 is 0 Å². The summed E-state index contributed by atoms with van der Waals surface area (Å²) in [5.41, 5.74) is 1.81. The van der Waals surface area contributed by atoms with Crippen molar-refractivity contribution in [1.82, 2.24) is 9.97 Å². The molecule has 0 bridgehead atoms. The van der Waals surface area contributed by atoms with Crippen LogP contribution in [0.5, 0.6) is 0 Å². The number of nitrogens with one attached hydrogen (secondary N) is 1. The minimum absolute atomic E-state index is 0.0361. The fourth-order valence-electron chi connectivity index (χ4n) is 3.29. The number of rotatable bonds is 4. The average Bonchev–Trinajstić information content (AvgIpc) is 3.19. The van der Waals surface area contributed by atoms with Crippen molar-refractivity contribution in [1.29, 1.82) is 0 Å². The van der Waals surface area contributed by atoms with E-state index in [1.54, 1.807) is 6.20 Å². The second-order valence-electron chi connectivity index (χ2n) is 6.17. The minimum Gasteiger partial charge on any atom is -0.336 e. The van der Waals surface area contributed by atoms with Gasteiger partial charge in [0.05, 0.1) is 11.6 Å².